The number of carboxylic acid groups (broad SMARTS) is 1. The number of rotatable bonds is 4. The van der Waals surface area contributed by atoms with Crippen molar-refractivity contribution in [2.75, 3.05) is 0 Å². The van der Waals surface area contributed by atoms with Crippen LogP contribution < -0.4 is 10.9 Å². The van der Waals surface area contributed by atoms with Crippen LogP contribution in [0, 0.1) is 6.92 Å². The Balaban J connectivity index is 2.17. The molecule has 2 rings (SSSR count). The molecule has 1 atom stereocenters. The van der Waals surface area contributed by atoms with E-state index in [1.807, 2.05) is 0 Å². The van der Waals surface area contributed by atoms with Gasteiger partial charge >= 0.3 is 5.97 Å². The van der Waals surface area contributed by atoms with Gasteiger partial charge in [-0.2, -0.15) is 0 Å². The van der Waals surface area contributed by atoms with Crippen LogP contribution in [0.3, 0.4) is 0 Å². The molecule has 8 heteroatoms. The van der Waals surface area contributed by atoms with Gasteiger partial charge in [-0.15, -0.1) is 11.3 Å². The number of hydrogen-bond donors (Lipinski definition) is 2. The van der Waals surface area contributed by atoms with Crippen LogP contribution in [0.4, 0.5) is 0 Å². The van der Waals surface area contributed by atoms with Crippen LogP contribution in [0.15, 0.2) is 23.1 Å². The second kappa shape index (κ2) is 6.10. The van der Waals surface area contributed by atoms with Gasteiger partial charge in [-0.1, -0.05) is 0 Å². The Morgan fingerprint density at radius 1 is 1.41 bits per heavy atom. The summed E-state index contributed by atoms with van der Waals surface area (Å²) in [4.78, 5) is 38.8. The Morgan fingerprint density at radius 2 is 2.09 bits per heavy atom. The lowest BCUT2D eigenvalue weighted by Crippen LogP contribution is -2.28. The van der Waals surface area contributed by atoms with Crippen LogP contribution in [0.1, 0.15) is 43.7 Å². The van der Waals surface area contributed by atoms with E-state index in [2.05, 4.69) is 10.3 Å². The first kappa shape index (κ1) is 15.9. The summed E-state index contributed by atoms with van der Waals surface area (Å²) in [6, 6.07) is 2.33. The Bertz CT molecular complexity index is 794. The lowest BCUT2D eigenvalue weighted by atomic mass is 10.2. The fourth-order valence-corrected chi connectivity index (χ4v) is 2.78. The molecule has 0 aliphatic heterocycles. The van der Waals surface area contributed by atoms with Crippen molar-refractivity contribution in [1.29, 1.82) is 0 Å². The summed E-state index contributed by atoms with van der Waals surface area (Å²) in [5.41, 5.74) is 0.572. The van der Waals surface area contributed by atoms with E-state index >= 15 is 0 Å². The number of thiazole rings is 1. The van der Waals surface area contributed by atoms with Gasteiger partial charge in [-0.05, 0) is 19.9 Å². The van der Waals surface area contributed by atoms with Crippen LogP contribution in [0.5, 0.6) is 0 Å². The van der Waals surface area contributed by atoms with Gasteiger partial charge in [-0.3, -0.25) is 9.59 Å². The molecule has 22 heavy (non-hydrogen) atoms. The molecular weight excluding hydrogens is 306 g/mol. The van der Waals surface area contributed by atoms with E-state index in [0.29, 0.717) is 16.3 Å². The number of aryl methyl sites for hydroxylation is 2. The number of hydrogen-bond acceptors (Lipinski definition) is 5. The zero-order valence-electron chi connectivity index (χ0n) is 12.3. The monoisotopic (exact) mass is 321 g/mol. The highest BCUT2D eigenvalue weighted by Gasteiger charge is 2.19. The zero-order chi connectivity index (χ0) is 16.4. The summed E-state index contributed by atoms with van der Waals surface area (Å²) in [5, 5.41) is 12.3. The number of carbonyl (C=O) groups is 2. The van der Waals surface area contributed by atoms with Crippen molar-refractivity contribution in [2.45, 2.75) is 19.9 Å². The molecule has 2 aromatic rings. The Hall–Kier alpha value is -2.48. The molecule has 2 N–H and O–H groups in total. The molecule has 0 aliphatic carbocycles. The maximum absolute atomic E-state index is 12.2. The molecule has 0 aromatic carbocycles. The maximum Gasteiger partial charge on any atom is 0.347 e. The fraction of sp³-hybridized carbons (Fsp3) is 0.286. The first-order valence-corrected chi connectivity index (χ1v) is 7.29. The van der Waals surface area contributed by atoms with Crippen molar-refractivity contribution in [2.24, 2.45) is 7.05 Å². The van der Waals surface area contributed by atoms with Crippen LogP contribution in [-0.4, -0.2) is 26.5 Å². The van der Waals surface area contributed by atoms with Gasteiger partial charge in [0, 0.05) is 19.3 Å². The molecule has 2 aromatic heterocycles. The Morgan fingerprint density at radius 3 is 2.64 bits per heavy atom. The summed E-state index contributed by atoms with van der Waals surface area (Å²) in [5.74, 6) is -1.38. The van der Waals surface area contributed by atoms with Gasteiger partial charge in [0.15, 0.2) is 0 Å². The van der Waals surface area contributed by atoms with Gasteiger partial charge in [0.25, 0.3) is 5.91 Å². The molecule has 0 saturated carbocycles. The summed E-state index contributed by atoms with van der Waals surface area (Å²) < 4.78 is 1.32. The second-order valence-electron chi connectivity index (χ2n) is 4.83. The van der Waals surface area contributed by atoms with Crippen LogP contribution >= 0.6 is 11.3 Å². The first-order valence-electron chi connectivity index (χ1n) is 6.47. The molecular formula is C14H15N3O4S. The van der Waals surface area contributed by atoms with E-state index < -0.39 is 12.0 Å². The number of carboxylic acids is 1. The van der Waals surface area contributed by atoms with Gasteiger partial charge in [0.1, 0.15) is 9.88 Å². The topological polar surface area (TPSA) is 101 Å². The minimum atomic E-state index is -1.03. The lowest BCUT2D eigenvalue weighted by molar-refractivity contribution is 0.0701. The highest BCUT2D eigenvalue weighted by molar-refractivity contribution is 7.13. The summed E-state index contributed by atoms with van der Waals surface area (Å²) in [7, 11) is 1.56. The third-order valence-electron chi connectivity index (χ3n) is 3.07. The number of aromatic carboxylic acids is 1. The van der Waals surface area contributed by atoms with E-state index in [-0.39, 0.29) is 16.3 Å². The summed E-state index contributed by atoms with van der Waals surface area (Å²) in [6.45, 7) is 3.34. The van der Waals surface area contributed by atoms with E-state index in [1.165, 1.54) is 22.9 Å². The molecule has 0 bridgehead atoms. The molecule has 0 aliphatic rings. The Kier molecular flexibility index (Phi) is 4.41. The van der Waals surface area contributed by atoms with E-state index in [9.17, 15) is 14.4 Å². The van der Waals surface area contributed by atoms with Crippen molar-refractivity contribution >= 4 is 23.2 Å². The maximum atomic E-state index is 12.2. The highest BCUT2D eigenvalue weighted by Crippen LogP contribution is 2.23. The van der Waals surface area contributed by atoms with Gasteiger partial charge in [-0.25, -0.2) is 9.78 Å². The largest absolute Gasteiger partial charge is 0.477 e. The molecule has 0 radical (unpaired) electrons. The number of nitrogens with one attached hydrogen (secondary N) is 1. The summed E-state index contributed by atoms with van der Waals surface area (Å²) >= 11 is 1.04. The van der Waals surface area contributed by atoms with Crippen LogP contribution in [0.25, 0.3) is 0 Å². The van der Waals surface area contributed by atoms with Crippen molar-refractivity contribution in [1.82, 2.24) is 14.9 Å². The highest BCUT2D eigenvalue weighted by atomic mass is 32.1. The SMILES string of the molecule is Cc1nc(C(C)NC(=O)c2ccc(=O)n(C)c2)sc1C(=O)O. The standard InChI is InChI=1S/C14H15N3O4S/c1-7-11(14(20)21)22-13(16-7)8(2)15-12(19)9-4-5-10(18)17(3)6-9/h4-6,8H,1-3H3,(H,15,19)(H,20,21). The Labute approximate surface area is 130 Å². The molecule has 116 valence electrons. The lowest BCUT2D eigenvalue weighted by Gasteiger charge is -2.11. The van der Waals surface area contributed by atoms with Gasteiger partial charge in [0.05, 0.1) is 17.3 Å². The second-order valence-corrected chi connectivity index (χ2v) is 5.86. The van der Waals surface area contributed by atoms with Crippen LogP contribution in [0.2, 0.25) is 0 Å². The molecule has 2 heterocycles. The quantitative estimate of drug-likeness (QED) is 0.885. The van der Waals surface area contributed by atoms with Gasteiger partial charge < -0.3 is 15.0 Å². The molecule has 0 saturated heterocycles. The number of aromatic nitrogens is 2. The van der Waals surface area contributed by atoms with E-state index in [0.717, 1.165) is 11.3 Å². The van der Waals surface area contributed by atoms with Crippen molar-refractivity contribution in [3.8, 4) is 0 Å². The minimum Gasteiger partial charge on any atom is -0.477 e. The van der Waals surface area contributed by atoms with E-state index in [4.69, 9.17) is 5.11 Å². The molecule has 7 nitrogen and oxygen atoms in total. The molecule has 0 spiro atoms. The third kappa shape index (κ3) is 3.22. The molecule has 1 amide bonds. The number of nitrogens with zero attached hydrogens (tertiary/aromatic N) is 2. The normalized spacial score (nSPS) is 12.0. The van der Waals surface area contributed by atoms with Crippen molar-refractivity contribution in [3.63, 3.8) is 0 Å². The van der Waals surface area contributed by atoms with E-state index in [1.54, 1.807) is 20.9 Å². The average Bonchev–Trinajstić information content (AvgIpc) is 2.84. The summed E-state index contributed by atoms with van der Waals surface area (Å²) in [6.07, 6.45) is 1.44. The predicted octanol–water partition coefficient (Wildman–Crippen LogP) is 1.34. The number of amides is 1. The van der Waals surface area contributed by atoms with Crippen molar-refractivity contribution in [3.05, 3.63) is 49.8 Å². The minimum absolute atomic E-state index is 0.165. The number of carbonyl (C=O) groups excluding carboxylic acids is 1. The van der Waals surface area contributed by atoms with Gasteiger partial charge in [0.2, 0.25) is 5.56 Å². The smallest absolute Gasteiger partial charge is 0.347 e. The predicted molar refractivity (Wildman–Crippen MR) is 81.4 cm³/mol. The molecule has 1 unspecified atom stereocenters. The fourth-order valence-electron chi connectivity index (χ4n) is 1.87. The zero-order valence-corrected chi connectivity index (χ0v) is 13.1. The number of pyridine rings is 1. The average molecular weight is 321 g/mol. The first-order chi connectivity index (χ1) is 10.3. The third-order valence-corrected chi connectivity index (χ3v) is 4.40. The van der Waals surface area contributed by atoms with Crippen molar-refractivity contribution < 1.29 is 14.7 Å². The molecule has 0 fully saturated rings. The van der Waals surface area contributed by atoms with Crippen LogP contribution in [-0.2, 0) is 7.05 Å².